The van der Waals surface area contributed by atoms with E-state index in [1.165, 1.54) is 38.5 Å². The van der Waals surface area contributed by atoms with Crippen molar-refractivity contribution in [1.29, 1.82) is 0 Å². The maximum atomic E-state index is 5.69. The summed E-state index contributed by atoms with van der Waals surface area (Å²) in [6, 6.07) is 10.9. The molecular formula is C19H29ClN2O. The van der Waals surface area contributed by atoms with Crippen LogP contribution in [0.1, 0.15) is 36.8 Å². The van der Waals surface area contributed by atoms with Gasteiger partial charge in [0.15, 0.2) is 0 Å². The lowest BCUT2D eigenvalue weighted by molar-refractivity contribution is 0.0515. The van der Waals surface area contributed by atoms with Crippen LogP contribution in [-0.4, -0.2) is 37.9 Å². The highest BCUT2D eigenvalue weighted by atomic mass is 35.5. The van der Waals surface area contributed by atoms with Crippen LogP contribution in [0.3, 0.4) is 0 Å². The topological polar surface area (TPSA) is 33.3 Å². The minimum absolute atomic E-state index is 0. The van der Waals surface area contributed by atoms with Gasteiger partial charge in [-0.25, -0.2) is 0 Å². The van der Waals surface area contributed by atoms with E-state index in [4.69, 9.17) is 4.74 Å². The molecule has 0 aromatic heterocycles. The molecule has 4 heteroatoms. The second kappa shape index (κ2) is 7.98. The third-order valence-corrected chi connectivity index (χ3v) is 5.83. The Hall–Kier alpha value is -0.610. The van der Waals surface area contributed by atoms with E-state index in [2.05, 4.69) is 34.9 Å². The first-order valence-corrected chi connectivity index (χ1v) is 9.04. The van der Waals surface area contributed by atoms with Crippen LogP contribution >= 0.6 is 12.4 Å². The van der Waals surface area contributed by atoms with Gasteiger partial charge in [-0.2, -0.15) is 0 Å². The Morgan fingerprint density at radius 2 is 1.96 bits per heavy atom. The third kappa shape index (κ3) is 3.90. The van der Waals surface area contributed by atoms with E-state index in [1.54, 1.807) is 11.1 Å². The molecule has 1 aliphatic heterocycles. The van der Waals surface area contributed by atoms with Crippen molar-refractivity contribution in [2.24, 2.45) is 5.92 Å². The van der Waals surface area contributed by atoms with E-state index in [9.17, 15) is 0 Å². The summed E-state index contributed by atoms with van der Waals surface area (Å²) >= 11 is 0. The molecule has 1 heterocycles. The molecule has 0 radical (unpaired) electrons. The van der Waals surface area contributed by atoms with Crippen molar-refractivity contribution in [2.75, 3.05) is 19.8 Å². The Balaban J connectivity index is 0.00000156. The maximum Gasteiger partial charge on any atom is 0.0623 e. The van der Waals surface area contributed by atoms with E-state index in [0.29, 0.717) is 18.1 Å². The summed E-state index contributed by atoms with van der Waals surface area (Å²) in [5.74, 6) is 0.748. The van der Waals surface area contributed by atoms with E-state index < -0.39 is 0 Å². The second-order valence-corrected chi connectivity index (χ2v) is 7.21. The highest BCUT2D eigenvalue weighted by molar-refractivity contribution is 5.85. The number of fused-ring (bicyclic) bond motifs is 1. The Kier molecular flexibility index (Phi) is 5.97. The molecule has 2 aliphatic carbocycles. The number of rotatable bonds is 3. The highest BCUT2D eigenvalue weighted by Gasteiger charge is 2.36. The van der Waals surface area contributed by atoms with Crippen LogP contribution in [0.2, 0.25) is 0 Å². The Morgan fingerprint density at radius 3 is 2.78 bits per heavy atom. The fraction of sp³-hybridized carbons (Fsp3) is 0.684. The number of morpholine rings is 1. The summed E-state index contributed by atoms with van der Waals surface area (Å²) in [7, 11) is 0. The van der Waals surface area contributed by atoms with Crippen LogP contribution in [0, 0.1) is 5.92 Å². The molecule has 0 spiro atoms. The lowest BCUT2D eigenvalue weighted by Gasteiger charge is -2.36. The van der Waals surface area contributed by atoms with Crippen LogP contribution in [-0.2, 0) is 17.6 Å². The summed E-state index contributed by atoms with van der Waals surface area (Å²) in [4.78, 5) is 0. The number of hydrogen-bond donors (Lipinski definition) is 2. The van der Waals surface area contributed by atoms with Gasteiger partial charge in [0.1, 0.15) is 0 Å². The summed E-state index contributed by atoms with van der Waals surface area (Å²) in [6.45, 7) is 2.79. The van der Waals surface area contributed by atoms with Gasteiger partial charge in [0.2, 0.25) is 0 Å². The van der Waals surface area contributed by atoms with E-state index >= 15 is 0 Å². The lowest BCUT2D eigenvalue weighted by atomic mass is 9.86. The first-order valence-electron chi connectivity index (χ1n) is 9.04. The molecule has 3 aliphatic rings. The van der Waals surface area contributed by atoms with Gasteiger partial charge >= 0.3 is 0 Å². The van der Waals surface area contributed by atoms with Gasteiger partial charge in [-0.1, -0.05) is 30.7 Å². The van der Waals surface area contributed by atoms with Crippen LogP contribution in [0.25, 0.3) is 0 Å². The first-order chi connectivity index (χ1) is 10.9. The van der Waals surface area contributed by atoms with Crippen LogP contribution in [0.4, 0.5) is 0 Å². The van der Waals surface area contributed by atoms with Gasteiger partial charge < -0.3 is 15.4 Å². The molecule has 1 saturated heterocycles. The minimum atomic E-state index is 0. The zero-order valence-corrected chi connectivity index (χ0v) is 14.6. The summed E-state index contributed by atoms with van der Waals surface area (Å²) in [5.41, 5.74) is 3.12. The molecule has 1 saturated carbocycles. The zero-order valence-electron chi connectivity index (χ0n) is 13.8. The number of ether oxygens (including phenoxy) is 1. The Morgan fingerprint density at radius 1 is 1.09 bits per heavy atom. The van der Waals surface area contributed by atoms with Gasteiger partial charge in [-0.15, -0.1) is 12.4 Å². The van der Waals surface area contributed by atoms with Crippen LogP contribution < -0.4 is 10.6 Å². The number of benzene rings is 1. The van der Waals surface area contributed by atoms with Crippen molar-refractivity contribution in [1.82, 2.24) is 10.6 Å². The molecule has 4 rings (SSSR count). The third-order valence-electron chi connectivity index (χ3n) is 5.83. The molecule has 1 aromatic carbocycles. The molecular weight excluding hydrogens is 308 g/mol. The minimum Gasteiger partial charge on any atom is -0.379 e. The molecule has 0 bridgehead atoms. The van der Waals surface area contributed by atoms with Crippen molar-refractivity contribution in [3.8, 4) is 0 Å². The Bertz CT molecular complexity index is 504. The summed E-state index contributed by atoms with van der Waals surface area (Å²) in [5, 5.41) is 7.69. The fourth-order valence-corrected chi connectivity index (χ4v) is 4.68. The van der Waals surface area contributed by atoms with Gasteiger partial charge in [-0.05, 0) is 49.1 Å². The standard InChI is InChI=1S/C19H28N2O.ClH/c1-2-5-15-12-16(9-8-14(15)4-1)21-18-7-3-6-17(18)19-13-22-11-10-20-19;/h1-2,4-5,16-21H,3,6-13H2;1H. The molecule has 4 unspecified atom stereocenters. The zero-order chi connectivity index (χ0) is 14.8. The quantitative estimate of drug-likeness (QED) is 0.890. The predicted octanol–water partition coefficient (Wildman–Crippen LogP) is 2.71. The normalized spacial score (nSPS) is 33.7. The summed E-state index contributed by atoms with van der Waals surface area (Å²) in [6.07, 6.45) is 7.77. The monoisotopic (exact) mass is 336 g/mol. The van der Waals surface area contributed by atoms with E-state index in [-0.39, 0.29) is 12.4 Å². The van der Waals surface area contributed by atoms with Gasteiger partial charge in [0, 0.05) is 24.7 Å². The van der Waals surface area contributed by atoms with Gasteiger partial charge in [-0.3, -0.25) is 0 Å². The van der Waals surface area contributed by atoms with Crippen molar-refractivity contribution >= 4 is 12.4 Å². The maximum absolute atomic E-state index is 5.69. The van der Waals surface area contributed by atoms with Crippen molar-refractivity contribution in [3.05, 3.63) is 35.4 Å². The number of aryl methyl sites for hydroxylation is 1. The van der Waals surface area contributed by atoms with Crippen molar-refractivity contribution < 1.29 is 4.74 Å². The van der Waals surface area contributed by atoms with Crippen LogP contribution in [0.15, 0.2) is 24.3 Å². The average molecular weight is 337 g/mol. The SMILES string of the molecule is Cl.c1ccc2c(c1)CCC(NC1CCCC1C1COCCN1)C2. The lowest BCUT2D eigenvalue weighted by Crippen LogP contribution is -2.53. The Labute approximate surface area is 146 Å². The van der Waals surface area contributed by atoms with Crippen molar-refractivity contribution in [3.63, 3.8) is 0 Å². The molecule has 128 valence electrons. The number of halogens is 1. The van der Waals surface area contributed by atoms with Gasteiger partial charge in [0.05, 0.1) is 13.2 Å². The highest BCUT2D eigenvalue weighted by Crippen LogP contribution is 2.31. The molecule has 2 fully saturated rings. The number of nitrogens with one attached hydrogen (secondary N) is 2. The number of hydrogen-bond acceptors (Lipinski definition) is 3. The van der Waals surface area contributed by atoms with E-state index in [1.807, 2.05) is 0 Å². The second-order valence-electron chi connectivity index (χ2n) is 7.21. The van der Waals surface area contributed by atoms with Crippen LogP contribution in [0.5, 0.6) is 0 Å². The molecule has 3 nitrogen and oxygen atoms in total. The predicted molar refractivity (Wildman–Crippen MR) is 96.4 cm³/mol. The van der Waals surface area contributed by atoms with Crippen molar-refractivity contribution in [2.45, 2.75) is 56.7 Å². The molecule has 2 N–H and O–H groups in total. The largest absolute Gasteiger partial charge is 0.379 e. The summed E-state index contributed by atoms with van der Waals surface area (Å²) < 4.78 is 5.69. The average Bonchev–Trinajstić information content (AvgIpc) is 3.04. The molecule has 23 heavy (non-hydrogen) atoms. The molecule has 1 aromatic rings. The molecule has 0 amide bonds. The molecule has 4 atom stereocenters. The van der Waals surface area contributed by atoms with E-state index in [0.717, 1.165) is 25.7 Å². The smallest absolute Gasteiger partial charge is 0.0623 e. The fourth-order valence-electron chi connectivity index (χ4n) is 4.68. The first kappa shape index (κ1) is 17.2. The van der Waals surface area contributed by atoms with Gasteiger partial charge in [0.25, 0.3) is 0 Å².